The smallest absolute Gasteiger partial charge is 0.164 e. The Hall–Kier alpha value is -6.12. The molecule has 0 aliphatic carbocycles. The van der Waals surface area contributed by atoms with Crippen molar-refractivity contribution >= 4 is 84.6 Å². The lowest BCUT2D eigenvalue weighted by molar-refractivity contribution is 1.07. The van der Waals surface area contributed by atoms with E-state index in [0.717, 1.165) is 38.3 Å². The van der Waals surface area contributed by atoms with Crippen molar-refractivity contribution in [3.05, 3.63) is 158 Å². The molecule has 0 bridgehead atoms. The van der Waals surface area contributed by atoms with Crippen LogP contribution >= 0.6 is 34.0 Å². The fourth-order valence-electron chi connectivity index (χ4n) is 7.17. The molecule has 0 atom stereocenters. The molecule has 0 unspecified atom stereocenters. The van der Waals surface area contributed by atoms with Crippen LogP contribution in [0.3, 0.4) is 0 Å². The van der Waals surface area contributed by atoms with Gasteiger partial charge >= 0.3 is 0 Å². The molecule has 0 saturated heterocycles. The summed E-state index contributed by atoms with van der Waals surface area (Å²) in [7, 11) is 0. The summed E-state index contributed by atoms with van der Waals surface area (Å²) in [6.45, 7) is 0. The third kappa shape index (κ3) is 5.24. The number of benzene rings is 7. The van der Waals surface area contributed by atoms with Crippen molar-refractivity contribution < 1.29 is 0 Å². The van der Waals surface area contributed by atoms with Crippen LogP contribution in [0.1, 0.15) is 0 Å². The minimum atomic E-state index is 0.652. The molecule has 0 saturated carbocycles. The monoisotopic (exact) mass is 730 g/mol. The lowest BCUT2D eigenvalue weighted by atomic mass is 10.0. The van der Waals surface area contributed by atoms with Gasteiger partial charge in [0.1, 0.15) is 5.01 Å². The Morgan fingerprint density at radius 2 is 0.943 bits per heavy atom. The molecule has 0 fully saturated rings. The maximum Gasteiger partial charge on any atom is 0.164 e. The van der Waals surface area contributed by atoms with Gasteiger partial charge in [-0.25, -0.2) is 19.9 Å². The van der Waals surface area contributed by atoms with Crippen molar-refractivity contribution in [1.82, 2.24) is 19.9 Å². The highest BCUT2D eigenvalue weighted by atomic mass is 32.1. The molecule has 4 heterocycles. The van der Waals surface area contributed by atoms with Crippen LogP contribution in [0.15, 0.2) is 158 Å². The van der Waals surface area contributed by atoms with Gasteiger partial charge in [0.05, 0.1) is 10.2 Å². The molecular weight excluding hydrogens is 705 g/mol. The first kappa shape index (κ1) is 30.5. The number of fused-ring (bicyclic) bond motifs is 7. The summed E-state index contributed by atoms with van der Waals surface area (Å²) in [5.74, 6) is 1.98. The summed E-state index contributed by atoms with van der Waals surface area (Å²) < 4.78 is 6.26. The Kier molecular flexibility index (Phi) is 7.05. The van der Waals surface area contributed by atoms with E-state index in [9.17, 15) is 0 Å². The molecule has 0 amide bonds. The first-order valence-electron chi connectivity index (χ1n) is 17.4. The Bertz CT molecular complexity index is 3140. The van der Waals surface area contributed by atoms with E-state index in [1.807, 2.05) is 35.6 Å². The van der Waals surface area contributed by atoms with E-state index < -0.39 is 0 Å². The van der Waals surface area contributed by atoms with Gasteiger partial charge in [-0.3, -0.25) is 0 Å². The van der Waals surface area contributed by atoms with Crippen LogP contribution in [0.25, 0.3) is 106 Å². The van der Waals surface area contributed by atoms with Crippen LogP contribution < -0.4 is 0 Å². The molecule has 248 valence electrons. The summed E-state index contributed by atoms with van der Waals surface area (Å²) in [4.78, 5) is 20.0. The Morgan fingerprint density at radius 3 is 1.77 bits per heavy atom. The van der Waals surface area contributed by atoms with Gasteiger partial charge in [-0.05, 0) is 47.5 Å². The zero-order valence-corrected chi connectivity index (χ0v) is 30.5. The molecule has 0 aliphatic heterocycles. The largest absolute Gasteiger partial charge is 0.236 e. The first-order valence-corrected chi connectivity index (χ1v) is 19.8. The summed E-state index contributed by atoms with van der Waals surface area (Å²) in [5.41, 5.74) is 7.46. The Labute approximate surface area is 316 Å². The first-order chi connectivity index (χ1) is 26.2. The minimum absolute atomic E-state index is 0.652. The van der Waals surface area contributed by atoms with E-state index in [0.29, 0.717) is 17.5 Å². The van der Waals surface area contributed by atoms with Gasteiger partial charge in [0.15, 0.2) is 17.5 Å². The maximum absolute atomic E-state index is 5.07. The number of para-hydroxylation sites is 1. The average molecular weight is 731 g/mol. The van der Waals surface area contributed by atoms with Gasteiger partial charge in [-0.1, -0.05) is 121 Å². The van der Waals surface area contributed by atoms with Crippen molar-refractivity contribution in [2.75, 3.05) is 0 Å². The van der Waals surface area contributed by atoms with Gasteiger partial charge in [0.2, 0.25) is 0 Å². The molecule has 53 heavy (non-hydrogen) atoms. The number of rotatable bonds is 5. The normalized spacial score (nSPS) is 11.8. The van der Waals surface area contributed by atoms with Crippen molar-refractivity contribution in [2.45, 2.75) is 0 Å². The molecule has 7 aromatic carbocycles. The van der Waals surface area contributed by atoms with Gasteiger partial charge in [0, 0.05) is 62.6 Å². The Balaban J connectivity index is 0.984. The van der Waals surface area contributed by atoms with E-state index in [1.165, 1.54) is 50.6 Å². The lowest BCUT2D eigenvalue weighted by Crippen LogP contribution is -2.00. The van der Waals surface area contributed by atoms with Crippen LogP contribution in [0.2, 0.25) is 0 Å². The standard InChI is InChI=1S/C46H26N4S3/c1-2-9-28(10-3-1)43-48-44(50-45(49-43)30-21-23-34-33-11-4-6-15-38(33)51-41(34)26-30)29-19-17-27(18-20-29)32-12-8-13-35-36-25-31(22-24-39(36)52-42(32)35)46-47-37-14-5-7-16-40(37)53-46/h1-26H. The number of nitrogens with zero attached hydrogens (tertiary/aromatic N) is 4. The fraction of sp³-hybridized carbons (Fsp3) is 0. The van der Waals surface area contributed by atoms with E-state index in [4.69, 9.17) is 19.9 Å². The third-order valence-corrected chi connectivity index (χ3v) is 13.2. The van der Waals surface area contributed by atoms with Crippen molar-refractivity contribution in [3.8, 4) is 55.9 Å². The number of aromatic nitrogens is 4. The summed E-state index contributed by atoms with van der Waals surface area (Å²) in [5, 5.41) is 6.11. The highest BCUT2D eigenvalue weighted by molar-refractivity contribution is 7.26. The quantitative estimate of drug-likeness (QED) is 0.177. The van der Waals surface area contributed by atoms with Gasteiger partial charge < -0.3 is 0 Å². The van der Waals surface area contributed by atoms with Gasteiger partial charge in [0.25, 0.3) is 0 Å². The SMILES string of the molecule is c1ccc(-c2nc(-c3ccc(-c4cccc5c4sc4ccc(-c6nc7ccccc7s6)cc45)cc3)nc(-c3ccc4c(c3)sc3ccccc34)n2)cc1. The predicted octanol–water partition coefficient (Wildman–Crippen LogP) is 13.6. The van der Waals surface area contributed by atoms with Crippen LogP contribution in [-0.2, 0) is 0 Å². The van der Waals surface area contributed by atoms with Gasteiger partial charge in [-0.15, -0.1) is 34.0 Å². The summed E-state index contributed by atoms with van der Waals surface area (Å²) in [6.07, 6.45) is 0. The van der Waals surface area contributed by atoms with E-state index in [2.05, 4.69) is 133 Å². The average Bonchev–Trinajstić information content (AvgIpc) is 3.94. The minimum Gasteiger partial charge on any atom is -0.236 e. The second-order valence-corrected chi connectivity index (χ2v) is 16.2. The van der Waals surface area contributed by atoms with E-state index >= 15 is 0 Å². The lowest BCUT2D eigenvalue weighted by Gasteiger charge is -2.09. The topological polar surface area (TPSA) is 51.6 Å². The molecule has 0 radical (unpaired) electrons. The van der Waals surface area contributed by atoms with Crippen molar-refractivity contribution in [2.24, 2.45) is 0 Å². The van der Waals surface area contributed by atoms with Crippen LogP contribution in [-0.4, -0.2) is 19.9 Å². The number of thiazole rings is 1. The molecule has 0 N–H and O–H groups in total. The highest BCUT2D eigenvalue weighted by Gasteiger charge is 2.16. The van der Waals surface area contributed by atoms with Gasteiger partial charge in [-0.2, -0.15) is 0 Å². The molecule has 0 spiro atoms. The molecular formula is C46H26N4S3. The number of thiophene rings is 2. The fourth-order valence-corrected chi connectivity index (χ4v) is 10.5. The molecule has 11 aromatic rings. The van der Waals surface area contributed by atoms with Crippen LogP contribution in [0.5, 0.6) is 0 Å². The molecule has 11 rings (SSSR count). The number of hydrogen-bond acceptors (Lipinski definition) is 7. The molecule has 7 heteroatoms. The summed E-state index contributed by atoms with van der Waals surface area (Å²) >= 11 is 5.39. The zero-order chi connectivity index (χ0) is 34.9. The second kappa shape index (κ2) is 12.2. The zero-order valence-electron chi connectivity index (χ0n) is 28.0. The molecule has 4 nitrogen and oxygen atoms in total. The third-order valence-electron chi connectivity index (χ3n) is 9.80. The maximum atomic E-state index is 5.07. The second-order valence-electron chi connectivity index (χ2n) is 13.0. The van der Waals surface area contributed by atoms with Crippen LogP contribution in [0, 0.1) is 0 Å². The van der Waals surface area contributed by atoms with Crippen molar-refractivity contribution in [1.29, 1.82) is 0 Å². The number of hydrogen-bond donors (Lipinski definition) is 0. The Morgan fingerprint density at radius 1 is 0.321 bits per heavy atom. The molecule has 0 aliphatic rings. The van der Waals surface area contributed by atoms with Crippen LogP contribution in [0.4, 0.5) is 0 Å². The highest BCUT2D eigenvalue weighted by Crippen LogP contribution is 2.43. The summed E-state index contributed by atoms with van der Waals surface area (Å²) in [6, 6.07) is 55.6. The van der Waals surface area contributed by atoms with E-state index in [1.54, 1.807) is 22.7 Å². The molecule has 4 aromatic heterocycles. The predicted molar refractivity (Wildman–Crippen MR) is 226 cm³/mol. The van der Waals surface area contributed by atoms with E-state index in [-0.39, 0.29) is 0 Å². The van der Waals surface area contributed by atoms with Crippen molar-refractivity contribution in [3.63, 3.8) is 0 Å².